The van der Waals surface area contributed by atoms with E-state index in [1.165, 1.54) is 54.9 Å². The summed E-state index contributed by atoms with van der Waals surface area (Å²) in [5.41, 5.74) is 1.95. The molecule has 0 aliphatic heterocycles. The highest BCUT2D eigenvalue weighted by Crippen LogP contribution is 2.32. The second-order valence-electron chi connectivity index (χ2n) is 6.55. The van der Waals surface area contributed by atoms with Gasteiger partial charge in [0, 0.05) is 18.1 Å². The van der Waals surface area contributed by atoms with Crippen LogP contribution < -0.4 is 10.6 Å². The Bertz CT molecular complexity index is 1250. The van der Waals surface area contributed by atoms with E-state index in [0.717, 1.165) is 0 Å². The maximum absolute atomic E-state index is 13.8. The molecule has 9 nitrogen and oxygen atoms in total. The van der Waals surface area contributed by atoms with E-state index >= 15 is 0 Å². The number of pyridine rings is 2. The Hall–Kier alpha value is -3.63. The van der Waals surface area contributed by atoms with Gasteiger partial charge >= 0.3 is 6.03 Å². The predicted octanol–water partition coefficient (Wildman–Crippen LogP) is 4.35. The van der Waals surface area contributed by atoms with Crippen molar-refractivity contribution in [1.82, 2.24) is 25.0 Å². The van der Waals surface area contributed by atoms with Crippen LogP contribution in [0.4, 0.5) is 20.6 Å². The van der Waals surface area contributed by atoms with Crippen LogP contribution >= 0.6 is 11.6 Å². The molecule has 0 saturated heterocycles. The molecule has 0 aliphatic rings. The van der Waals surface area contributed by atoms with Crippen molar-refractivity contribution in [1.29, 1.82) is 0 Å². The van der Waals surface area contributed by atoms with Crippen LogP contribution in [0.3, 0.4) is 0 Å². The van der Waals surface area contributed by atoms with E-state index in [-0.39, 0.29) is 5.02 Å². The number of amides is 2. The first-order valence-corrected chi connectivity index (χ1v) is 9.55. The Morgan fingerprint density at radius 3 is 2.65 bits per heavy atom. The first kappa shape index (κ1) is 20.6. The maximum atomic E-state index is 13.8. The number of hydrogen-bond acceptors (Lipinski definition) is 6. The van der Waals surface area contributed by atoms with E-state index in [2.05, 4.69) is 30.8 Å². The van der Waals surface area contributed by atoms with Gasteiger partial charge in [-0.1, -0.05) is 11.6 Å². The molecule has 0 bridgehead atoms. The van der Waals surface area contributed by atoms with Gasteiger partial charge in [0.1, 0.15) is 5.82 Å². The number of aromatic nitrogens is 5. The van der Waals surface area contributed by atoms with Crippen LogP contribution in [-0.2, 0) is 4.74 Å². The van der Waals surface area contributed by atoms with E-state index < -0.39 is 18.0 Å². The van der Waals surface area contributed by atoms with Crippen LogP contribution in [0.5, 0.6) is 0 Å². The van der Waals surface area contributed by atoms with E-state index in [0.29, 0.717) is 33.7 Å². The standard InChI is InChI=1S/C20H17ClFN7O2/c1-11(31-2)18-14-7-12(22)3-4-16(14)23-10-17(18)28-20(30)27-13-8-15(21)19(24-9-13)29-25-5-6-26-29/h3-11H,1-2H3,(H2,27,28,30). The van der Waals surface area contributed by atoms with Crippen molar-refractivity contribution < 1.29 is 13.9 Å². The normalized spacial score (nSPS) is 12.0. The smallest absolute Gasteiger partial charge is 0.323 e. The molecule has 31 heavy (non-hydrogen) atoms. The highest BCUT2D eigenvalue weighted by molar-refractivity contribution is 6.32. The number of carbonyl (C=O) groups is 1. The van der Waals surface area contributed by atoms with Gasteiger partial charge in [0.15, 0.2) is 5.82 Å². The number of nitrogens with one attached hydrogen (secondary N) is 2. The highest BCUT2D eigenvalue weighted by atomic mass is 35.5. The Kier molecular flexibility index (Phi) is 5.74. The molecule has 0 spiro atoms. The number of ether oxygens (including phenoxy) is 1. The van der Waals surface area contributed by atoms with Crippen molar-refractivity contribution in [2.75, 3.05) is 17.7 Å². The third-order valence-electron chi connectivity index (χ3n) is 4.57. The summed E-state index contributed by atoms with van der Waals surface area (Å²) in [5.74, 6) is -0.0810. The predicted molar refractivity (Wildman–Crippen MR) is 114 cm³/mol. The lowest BCUT2D eigenvalue weighted by molar-refractivity contribution is 0.121. The first-order chi connectivity index (χ1) is 15.0. The van der Waals surface area contributed by atoms with Crippen LogP contribution in [0.2, 0.25) is 5.02 Å². The van der Waals surface area contributed by atoms with Gasteiger partial charge < -0.3 is 15.4 Å². The Balaban J connectivity index is 1.59. The second-order valence-corrected chi connectivity index (χ2v) is 6.96. The average molecular weight is 442 g/mol. The van der Waals surface area contributed by atoms with Gasteiger partial charge in [-0.25, -0.2) is 14.2 Å². The number of urea groups is 1. The number of halogens is 2. The van der Waals surface area contributed by atoms with Crippen molar-refractivity contribution >= 4 is 39.9 Å². The van der Waals surface area contributed by atoms with Gasteiger partial charge in [-0.3, -0.25) is 4.98 Å². The first-order valence-electron chi connectivity index (χ1n) is 9.17. The van der Waals surface area contributed by atoms with Crippen LogP contribution in [0.15, 0.2) is 49.1 Å². The molecule has 11 heteroatoms. The summed E-state index contributed by atoms with van der Waals surface area (Å²) in [5, 5.41) is 14.1. The lowest BCUT2D eigenvalue weighted by atomic mass is 10.0. The number of benzene rings is 1. The summed E-state index contributed by atoms with van der Waals surface area (Å²) in [4.78, 5) is 22.4. The summed E-state index contributed by atoms with van der Waals surface area (Å²) < 4.78 is 19.3. The molecular weight excluding hydrogens is 425 g/mol. The summed E-state index contributed by atoms with van der Waals surface area (Å²) in [6.07, 6.45) is 5.51. The largest absolute Gasteiger partial charge is 0.377 e. The third-order valence-corrected chi connectivity index (χ3v) is 4.85. The highest BCUT2D eigenvalue weighted by Gasteiger charge is 2.18. The SMILES string of the molecule is COC(C)c1c(NC(=O)Nc2cnc(-n3nccn3)c(Cl)c2)cnc2ccc(F)cc12. The fourth-order valence-corrected chi connectivity index (χ4v) is 3.34. The molecule has 2 amide bonds. The van der Waals surface area contributed by atoms with Gasteiger partial charge in [0.05, 0.1) is 52.8 Å². The summed E-state index contributed by atoms with van der Waals surface area (Å²) >= 11 is 6.23. The average Bonchev–Trinajstić information content (AvgIpc) is 3.27. The quantitative estimate of drug-likeness (QED) is 0.476. The fourth-order valence-electron chi connectivity index (χ4n) is 3.10. The Morgan fingerprint density at radius 1 is 1.16 bits per heavy atom. The number of hydrogen-bond donors (Lipinski definition) is 2. The van der Waals surface area contributed by atoms with Gasteiger partial charge in [-0.05, 0) is 31.2 Å². The number of rotatable bonds is 5. The van der Waals surface area contributed by atoms with Crippen molar-refractivity contribution in [2.45, 2.75) is 13.0 Å². The number of carbonyl (C=O) groups excluding carboxylic acids is 1. The molecule has 0 aliphatic carbocycles. The van der Waals surface area contributed by atoms with E-state index in [1.54, 1.807) is 13.0 Å². The van der Waals surface area contributed by atoms with Crippen molar-refractivity contribution in [3.8, 4) is 5.82 Å². The molecule has 3 heterocycles. The van der Waals surface area contributed by atoms with Crippen molar-refractivity contribution in [3.05, 3.63) is 65.5 Å². The minimum atomic E-state index is -0.551. The number of anilines is 2. The zero-order valence-corrected chi connectivity index (χ0v) is 17.3. The number of fused-ring (bicyclic) bond motifs is 1. The van der Waals surface area contributed by atoms with E-state index in [1.807, 2.05) is 0 Å². The summed E-state index contributed by atoms with van der Waals surface area (Å²) in [7, 11) is 1.53. The Labute approximate surface area is 181 Å². The molecule has 1 aromatic carbocycles. The maximum Gasteiger partial charge on any atom is 0.323 e. The minimum absolute atomic E-state index is 0.255. The topological polar surface area (TPSA) is 107 Å². The number of nitrogens with zero attached hydrogens (tertiary/aromatic N) is 5. The zero-order chi connectivity index (χ0) is 22.0. The molecule has 0 radical (unpaired) electrons. The lowest BCUT2D eigenvalue weighted by Gasteiger charge is -2.18. The van der Waals surface area contributed by atoms with Gasteiger partial charge in [-0.15, -0.1) is 4.80 Å². The third kappa shape index (κ3) is 4.30. The van der Waals surface area contributed by atoms with Gasteiger partial charge in [0.25, 0.3) is 0 Å². The van der Waals surface area contributed by atoms with Crippen LogP contribution in [0.25, 0.3) is 16.7 Å². The molecule has 2 N–H and O–H groups in total. The molecule has 1 unspecified atom stereocenters. The number of methoxy groups -OCH3 is 1. The van der Waals surface area contributed by atoms with E-state index in [9.17, 15) is 9.18 Å². The summed E-state index contributed by atoms with van der Waals surface area (Å²) in [6, 6.07) is 5.24. The molecule has 158 valence electrons. The fraction of sp³-hybridized carbons (Fsp3) is 0.150. The molecule has 0 saturated carbocycles. The Morgan fingerprint density at radius 2 is 1.94 bits per heavy atom. The molecule has 1 atom stereocenters. The van der Waals surface area contributed by atoms with Gasteiger partial charge in [-0.2, -0.15) is 10.2 Å². The van der Waals surface area contributed by atoms with Gasteiger partial charge in [0.2, 0.25) is 0 Å². The van der Waals surface area contributed by atoms with E-state index in [4.69, 9.17) is 16.3 Å². The second kappa shape index (κ2) is 8.62. The molecular formula is C20H17ClFN7O2. The summed E-state index contributed by atoms with van der Waals surface area (Å²) in [6.45, 7) is 1.80. The van der Waals surface area contributed by atoms with Crippen LogP contribution in [-0.4, -0.2) is 38.1 Å². The zero-order valence-electron chi connectivity index (χ0n) is 16.5. The van der Waals surface area contributed by atoms with Crippen molar-refractivity contribution in [2.24, 2.45) is 0 Å². The van der Waals surface area contributed by atoms with Crippen LogP contribution in [0, 0.1) is 5.82 Å². The molecule has 0 fully saturated rings. The molecule has 4 rings (SSSR count). The molecule has 4 aromatic rings. The minimum Gasteiger partial charge on any atom is -0.377 e. The monoisotopic (exact) mass is 441 g/mol. The van der Waals surface area contributed by atoms with Crippen LogP contribution in [0.1, 0.15) is 18.6 Å². The molecule has 3 aromatic heterocycles. The lowest BCUT2D eigenvalue weighted by Crippen LogP contribution is -2.21. The van der Waals surface area contributed by atoms with Crippen molar-refractivity contribution in [3.63, 3.8) is 0 Å².